The summed E-state index contributed by atoms with van der Waals surface area (Å²) in [7, 11) is 0. The fourth-order valence-electron chi connectivity index (χ4n) is 1.47. The first-order valence-electron chi connectivity index (χ1n) is 5.08. The Labute approximate surface area is 96.5 Å². The standard InChI is InChI=1S/C11H11F2NO3/c12-11(13)5-14-4-8(15)7-1-2-9-10(3-7)17-6-16-9/h1-3,11,14H,4-6H2. The Morgan fingerprint density at radius 2 is 2.12 bits per heavy atom. The maximum Gasteiger partial charge on any atom is 0.250 e. The Balaban J connectivity index is 1.95. The zero-order chi connectivity index (χ0) is 12.3. The molecule has 0 aromatic heterocycles. The SMILES string of the molecule is O=C(CNCC(F)F)c1ccc2c(c1)OCO2. The van der Waals surface area contributed by atoms with Crippen molar-refractivity contribution in [1.29, 1.82) is 0 Å². The van der Waals surface area contributed by atoms with Gasteiger partial charge in [-0.2, -0.15) is 0 Å². The maximum atomic E-state index is 11.9. The minimum Gasteiger partial charge on any atom is -0.454 e. The van der Waals surface area contributed by atoms with Crippen LogP contribution in [0.25, 0.3) is 0 Å². The van der Waals surface area contributed by atoms with Crippen LogP contribution >= 0.6 is 0 Å². The number of hydrogen-bond donors (Lipinski definition) is 1. The van der Waals surface area contributed by atoms with Crippen molar-refractivity contribution in [2.45, 2.75) is 6.43 Å². The molecule has 92 valence electrons. The summed E-state index contributed by atoms with van der Waals surface area (Å²) < 4.78 is 33.9. The average molecular weight is 243 g/mol. The Kier molecular flexibility index (Phi) is 3.53. The number of fused-ring (bicyclic) bond motifs is 1. The molecule has 1 aromatic carbocycles. The van der Waals surface area contributed by atoms with Gasteiger partial charge in [-0.15, -0.1) is 0 Å². The van der Waals surface area contributed by atoms with E-state index in [2.05, 4.69) is 5.32 Å². The monoisotopic (exact) mass is 243 g/mol. The summed E-state index contributed by atoms with van der Waals surface area (Å²) in [6.07, 6.45) is -2.46. The molecule has 2 rings (SSSR count). The normalized spacial score (nSPS) is 13.1. The van der Waals surface area contributed by atoms with Crippen molar-refractivity contribution in [3.63, 3.8) is 0 Å². The van der Waals surface area contributed by atoms with Crippen LogP contribution in [0.4, 0.5) is 8.78 Å². The summed E-state index contributed by atoms with van der Waals surface area (Å²) in [5.41, 5.74) is 0.413. The minimum absolute atomic E-state index is 0.121. The van der Waals surface area contributed by atoms with E-state index in [4.69, 9.17) is 9.47 Å². The predicted octanol–water partition coefficient (Wildman–Crippen LogP) is 1.45. The molecule has 17 heavy (non-hydrogen) atoms. The van der Waals surface area contributed by atoms with Gasteiger partial charge in [0.2, 0.25) is 6.79 Å². The van der Waals surface area contributed by atoms with E-state index >= 15 is 0 Å². The van der Waals surface area contributed by atoms with Crippen molar-refractivity contribution < 1.29 is 23.0 Å². The van der Waals surface area contributed by atoms with E-state index in [-0.39, 0.29) is 19.1 Å². The molecule has 0 atom stereocenters. The summed E-state index contributed by atoms with van der Waals surface area (Å²) in [6.45, 7) is -0.475. The molecular weight excluding hydrogens is 232 g/mol. The first-order valence-corrected chi connectivity index (χ1v) is 5.08. The topological polar surface area (TPSA) is 47.6 Å². The predicted molar refractivity (Wildman–Crippen MR) is 55.8 cm³/mol. The zero-order valence-electron chi connectivity index (χ0n) is 8.91. The minimum atomic E-state index is -2.46. The molecule has 0 amide bonds. The van der Waals surface area contributed by atoms with Crippen molar-refractivity contribution in [2.75, 3.05) is 19.9 Å². The van der Waals surface area contributed by atoms with Crippen molar-refractivity contribution >= 4 is 5.78 Å². The van der Waals surface area contributed by atoms with Gasteiger partial charge in [-0.1, -0.05) is 0 Å². The first kappa shape index (κ1) is 11.8. The Morgan fingerprint density at radius 1 is 1.35 bits per heavy atom. The number of ether oxygens (including phenoxy) is 2. The molecule has 1 N–H and O–H groups in total. The lowest BCUT2D eigenvalue weighted by Gasteiger charge is -2.04. The molecule has 1 aromatic rings. The van der Waals surface area contributed by atoms with Crippen molar-refractivity contribution in [3.05, 3.63) is 23.8 Å². The van der Waals surface area contributed by atoms with E-state index in [1.807, 2.05) is 0 Å². The second-order valence-corrected chi connectivity index (χ2v) is 3.51. The Bertz CT molecular complexity index is 423. The molecule has 6 heteroatoms. The van der Waals surface area contributed by atoms with Gasteiger partial charge >= 0.3 is 0 Å². The van der Waals surface area contributed by atoms with Crippen LogP contribution < -0.4 is 14.8 Å². The lowest BCUT2D eigenvalue weighted by molar-refractivity contribution is 0.0976. The van der Waals surface area contributed by atoms with E-state index < -0.39 is 13.0 Å². The van der Waals surface area contributed by atoms with Gasteiger partial charge in [0, 0.05) is 5.56 Å². The van der Waals surface area contributed by atoms with Crippen LogP contribution in [-0.2, 0) is 0 Å². The number of carbonyl (C=O) groups is 1. The average Bonchev–Trinajstić information content (AvgIpc) is 2.75. The number of halogens is 2. The lowest BCUT2D eigenvalue weighted by atomic mass is 10.1. The van der Waals surface area contributed by atoms with Crippen LogP contribution in [0.3, 0.4) is 0 Å². The third-order valence-electron chi connectivity index (χ3n) is 2.28. The molecule has 0 saturated heterocycles. The summed E-state index contributed by atoms with van der Waals surface area (Å²) in [5, 5.41) is 2.38. The van der Waals surface area contributed by atoms with Crippen molar-refractivity contribution in [2.24, 2.45) is 0 Å². The summed E-state index contributed by atoms with van der Waals surface area (Å²) >= 11 is 0. The largest absolute Gasteiger partial charge is 0.454 e. The highest BCUT2D eigenvalue weighted by molar-refractivity contribution is 5.98. The molecular formula is C11H11F2NO3. The molecule has 0 bridgehead atoms. The summed E-state index contributed by atoms with van der Waals surface area (Å²) in [4.78, 5) is 11.6. The van der Waals surface area contributed by atoms with Crippen LogP contribution in [-0.4, -0.2) is 32.1 Å². The van der Waals surface area contributed by atoms with E-state index in [0.717, 1.165) is 0 Å². The Morgan fingerprint density at radius 3 is 2.88 bits per heavy atom. The number of rotatable bonds is 5. The maximum absolute atomic E-state index is 11.9. The molecule has 0 saturated carbocycles. The molecule has 0 fully saturated rings. The summed E-state index contributed by atoms with van der Waals surface area (Å²) in [6, 6.07) is 4.76. The fraction of sp³-hybridized carbons (Fsp3) is 0.364. The van der Waals surface area contributed by atoms with Crippen LogP contribution in [0.1, 0.15) is 10.4 Å². The highest BCUT2D eigenvalue weighted by atomic mass is 19.3. The molecule has 1 aliphatic rings. The number of carbonyl (C=O) groups excluding carboxylic acids is 1. The molecule has 0 aliphatic carbocycles. The van der Waals surface area contributed by atoms with Gasteiger partial charge in [-0.3, -0.25) is 4.79 Å². The van der Waals surface area contributed by atoms with Crippen molar-refractivity contribution in [3.8, 4) is 11.5 Å². The van der Waals surface area contributed by atoms with E-state index in [1.54, 1.807) is 18.2 Å². The van der Waals surface area contributed by atoms with Crippen molar-refractivity contribution in [1.82, 2.24) is 5.32 Å². The molecule has 1 heterocycles. The molecule has 0 spiro atoms. The number of ketones is 1. The lowest BCUT2D eigenvalue weighted by Crippen LogP contribution is -2.27. The third kappa shape index (κ3) is 2.91. The van der Waals surface area contributed by atoms with Crippen LogP contribution in [0.15, 0.2) is 18.2 Å². The fourth-order valence-corrected chi connectivity index (χ4v) is 1.47. The van der Waals surface area contributed by atoms with Gasteiger partial charge in [0.25, 0.3) is 6.43 Å². The highest BCUT2D eigenvalue weighted by Gasteiger charge is 2.16. The Hall–Kier alpha value is -1.69. The molecule has 1 aliphatic heterocycles. The molecule has 4 nitrogen and oxygen atoms in total. The van der Waals surface area contributed by atoms with Gasteiger partial charge in [0.1, 0.15) is 0 Å². The number of alkyl halides is 2. The first-order chi connectivity index (χ1) is 8.16. The van der Waals surface area contributed by atoms with Crippen LogP contribution in [0.2, 0.25) is 0 Å². The van der Waals surface area contributed by atoms with Gasteiger partial charge in [-0.25, -0.2) is 8.78 Å². The quantitative estimate of drug-likeness (QED) is 0.795. The van der Waals surface area contributed by atoms with Crippen LogP contribution in [0, 0.1) is 0 Å². The number of Topliss-reactive ketones (excluding diaryl/α,β-unsaturated/α-hetero) is 1. The second kappa shape index (κ2) is 5.09. The van der Waals surface area contributed by atoms with Crippen LogP contribution in [0.5, 0.6) is 11.5 Å². The number of hydrogen-bond acceptors (Lipinski definition) is 4. The highest BCUT2D eigenvalue weighted by Crippen LogP contribution is 2.32. The van der Waals surface area contributed by atoms with Gasteiger partial charge in [-0.05, 0) is 18.2 Å². The van der Waals surface area contributed by atoms with E-state index in [9.17, 15) is 13.6 Å². The zero-order valence-corrected chi connectivity index (χ0v) is 8.91. The second-order valence-electron chi connectivity index (χ2n) is 3.51. The van der Waals surface area contributed by atoms with Gasteiger partial charge in [0.15, 0.2) is 17.3 Å². The van der Waals surface area contributed by atoms with E-state index in [1.165, 1.54) is 0 Å². The smallest absolute Gasteiger partial charge is 0.250 e. The third-order valence-corrected chi connectivity index (χ3v) is 2.28. The van der Waals surface area contributed by atoms with Gasteiger partial charge in [0.05, 0.1) is 13.1 Å². The molecule has 0 unspecified atom stereocenters. The number of benzene rings is 1. The van der Waals surface area contributed by atoms with Gasteiger partial charge < -0.3 is 14.8 Å². The van der Waals surface area contributed by atoms with E-state index in [0.29, 0.717) is 17.1 Å². The number of nitrogens with one attached hydrogen (secondary N) is 1. The molecule has 0 radical (unpaired) electrons. The summed E-state index contributed by atoms with van der Waals surface area (Å²) in [5.74, 6) is 0.829.